The van der Waals surface area contributed by atoms with Crippen molar-refractivity contribution < 1.29 is 17.9 Å². The Morgan fingerprint density at radius 2 is 1.88 bits per heavy atom. The van der Waals surface area contributed by atoms with Crippen molar-refractivity contribution in [2.45, 2.75) is 38.8 Å². The Morgan fingerprint density at radius 3 is 2.48 bits per heavy atom. The van der Waals surface area contributed by atoms with Gasteiger partial charge in [-0.2, -0.15) is 13.2 Å². The molecule has 0 aromatic rings. The summed E-state index contributed by atoms with van der Waals surface area (Å²) in [4.78, 5) is 7.94. The van der Waals surface area contributed by atoms with E-state index in [0.717, 1.165) is 51.5 Å². The molecule has 1 heterocycles. The van der Waals surface area contributed by atoms with Crippen LogP contribution in [-0.4, -0.2) is 82.0 Å². The predicted molar refractivity (Wildman–Crippen MR) is 94.9 cm³/mol. The molecule has 0 aliphatic carbocycles. The maximum absolute atomic E-state index is 12.3. The SMILES string of the molecule is CCNC(=NCCCN(C)CC(F)(F)F)N(C)CCC1CCOCC1. The molecule has 0 aromatic heterocycles. The Labute approximate surface area is 149 Å². The second kappa shape index (κ2) is 11.6. The fourth-order valence-corrected chi connectivity index (χ4v) is 2.90. The minimum absolute atomic E-state index is 0.383. The van der Waals surface area contributed by atoms with Gasteiger partial charge in [0, 0.05) is 39.9 Å². The third kappa shape index (κ3) is 10.5. The summed E-state index contributed by atoms with van der Waals surface area (Å²) in [5, 5.41) is 3.25. The number of nitrogens with one attached hydrogen (secondary N) is 1. The lowest BCUT2D eigenvalue weighted by Gasteiger charge is -2.27. The third-order valence-corrected chi connectivity index (χ3v) is 4.32. The van der Waals surface area contributed by atoms with Gasteiger partial charge in [-0.25, -0.2) is 0 Å². The minimum Gasteiger partial charge on any atom is -0.381 e. The first-order chi connectivity index (χ1) is 11.8. The minimum atomic E-state index is -4.14. The highest BCUT2D eigenvalue weighted by atomic mass is 19.4. The van der Waals surface area contributed by atoms with Gasteiger partial charge in [0.15, 0.2) is 5.96 Å². The first-order valence-corrected chi connectivity index (χ1v) is 9.14. The summed E-state index contributed by atoms with van der Waals surface area (Å²) in [5.74, 6) is 1.53. The normalized spacial score (nSPS) is 17.2. The topological polar surface area (TPSA) is 40.1 Å². The van der Waals surface area contributed by atoms with Gasteiger partial charge in [0.1, 0.15) is 0 Å². The number of hydrogen-bond donors (Lipinski definition) is 1. The van der Waals surface area contributed by atoms with E-state index in [9.17, 15) is 13.2 Å². The summed E-state index contributed by atoms with van der Waals surface area (Å²) in [5.41, 5.74) is 0. The molecule has 0 spiro atoms. The van der Waals surface area contributed by atoms with E-state index in [1.165, 1.54) is 11.9 Å². The maximum Gasteiger partial charge on any atom is 0.401 e. The van der Waals surface area contributed by atoms with Crippen molar-refractivity contribution in [3.05, 3.63) is 0 Å². The molecular formula is C17H33F3N4O. The third-order valence-electron chi connectivity index (χ3n) is 4.32. The van der Waals surface area contributed by atoms with Crippen LogP contribution in [0.5, 0.6) is 0 Å². The Kier molecular flexibility index (Phi) is 10.2. The maximum atomic E-state index is 12.3. The van der Waals surface area contributed by atoms with Crippen molar-refractivity contribution >= 4 is 5.96 Å². The lowest BCUT2D eigenvalue weighted by Crippen LogP contribution is -2.40. The number of rotatable bonds is 9. The Balaban J connectivity index is 2.33. The van der Waals surface area contributed by atoms with Gasteiger partial charge < -0.3 is 15.0 Å². The number of alkyl halides is 3. The molecule has 148 valence electrons. The van der Waals surface area contributed by atoms with Crippen molar-refractivity contribution in [2.75, 3.05) is 60.0 Å². The second-order valence-electron chi connectivity index (χ2n) is 6.71. The quantitative estimate of drug-likeness (QED) is 0.387. The number of nitrogens with zero attached hydrogens (tertiary/aromatic N) is 3. The molecule has 0 atom stereocenters. The van der Waals surface area contributed by atoms with Crippen LogP contribution in [0.2, 0.25) is 0 Å². The van der Waals surface area contributed by atoms with Crippen LogP contribution in [0.3, 0.4) is 0 Å². The molecule has 0 bridgehead atoms. The molecule has 5 nitrogen and oxygen atoms in total. The lowest BCUT2D eigenvalue weighted by atomic mass is 9.96. The van der Waals surface area contributed by atoms with E-state index in [-0.39, 0.29) is 0 Å². The molecule has 0 aromatic carbocycles. The molecule has 1 rings (SSSR count). The summed E-state index contributed by atoms with van der Waals surface area (Å²) in [6, 6.07) is 0. The zero-order valence-electron chi connectivity index (χ0n) is 15.7. The van der Waals surface area contributed by atoms with E-state index >= 15 is 0 Å². The average molecular weight is 366 g/mol. The van der Waals surface area contributed by atoms with E-state index in [2.05, 4.69) is 15.2 Å². The van der Waals surface area contributed by atoms with Gasteiger partial charge in [-0.1, -0.05) is 0 Å². The number of hydrogen-bond acceptors (Lipinski definition) is 3. The van der Waals surface area contributed by atoms with Gasteiger partial charge in [0.25, 0.3) is 0 Å². The summed E-state index contributed by atoms with van der Waals surface area (Å²) < 4.78 is 42.3. The van der Waals surface area contributed by atoms with Crippen LogP contribution in [0.15, 0.2) is 4.99 Å². The predicted octanol–water partition coefficient (Wildman–Crippen LogP) is 2.58. The van der Waals surface area contributed by atoms with Crippen LogP contribution < -0.4 is 5.32 Å². The van der Waals surface area contributed by atoms with Crippen molar-refractivity contribution in [1.29, 1.82) is 0 Å². The molecule has 1 fully saturated rings. The highest BCUT2D eigenvalue weighted by Crippen LogP contribution is 2.18. The first-order valence-electron chi connectivity index (χ1n) is 9.14. The molecule has 0 saturated carbocycles. The number of halogens is 3. The Bertz CT molecular complexity index is 385. The lowest BCUT2D eigenvalue weighted by molar-refractivity contribution is -0.143. The molecule has 25 heavy (non-hydrogen) atoms. The molecule has 0 unspecified atom stereocenters. The van der Waals surface area contributed by atoms with E-state index in [1.54, 1.807) is 0 Å². The molecule has 1 saturated heterocycles. The van der Waals surface area contributed by atoms with Crippen LogP contribution in [0, 0.1) is 5.92 Å². The van der Waals surface area contributed by atoms with Gasteiger partial charge >= 0.3 is 6.18 Å². The molecule has 8 heteroatoms. The molecule has 1 N–H and O–H groups in total. The summed E-state index contributed by atoms with van der Waals surface area (Å²) in [6.45, 7) is 5.45. The van der Waals surface area contributed by atoms with Gasteiger partial charge in [-0.05, 0) is 52.1 Å². The number of ether oxygens (including phenoxy) is 1. The molecule has 1 aliphatic heterocycles. The average Bonchev–Trinajstić information content (AvgIpc) is 2.55. The van der Waals surface area contributed by atoms with Gasteiger partial charge in [0.2, 0.25) is 0 Å². The van der Waals surface area contributed by atoms with Crippen LogP contribution in [0.25, 0.3) is 0 Å². The van der Waals surface area contributed by atoms with E-state index in [0.29, 0.717) is 25.4 Å². The highest BCUT2D eigenvalue weighted by Gasteiger charge is 2.28. The van der Waals surface area contributed by atoms with Gasteiger partial charge in [0.05, 0.1) is 6.54 Å². The standard InChI is InChI=1S/C17H33F3N4O/c1-4-21-16(22-9-5-10-23(2)14-17(18,19)20)24(3)11-6-15-7-12-25-13-8-15/h15H,4-14H2,1-3H3,(H,21,22). The highest BCUT2D eigenvalue weighted by molar-refractivity contribution is 5.79. The zero-order chi connectivity index (χ0) is 18.7. The molecule has 1 aliphatic rings. The summed E-state index contributed by atoms with van der Waals surface area (Å²) in [6.07, 6.45) is -0.189. The number of guanidine groups is 1. The van der Waals surface area contributed by atoms with Crippen LogP contribution >= 0.6 is 0 Å². The number of aliphatic imine (C=N–C) groups is 1. The van der Waals surface area contributed by atoms with Crippen molar-refractivity contribution in [2.24, 2.45) is 10.9 Å². The van der Waals surface area contributed by atoms with Crippen LogP contribution in [0.1, 0.15) is 32.6 Å². The smallest absolute Gasteiger partial charge is 0.381 e. The van der Waals surface area contributed by atoms with Gasteiger partial charge in [-0.3, -0.25) is 9.89 Å². The van der Waals surface area contributed by atoms with Crippen LogP contribution in [-0.2, 0) is 4.74 Å². The van der Waals surface area contributed by atoms with Crippen LogP contribution in [0.4, 0.5) is 13.2 Å². The largest absolute Gasteiger partial charge is 0.401 e. The molecular weight excluding hydrogens is 333 g/mol. The fraction of sp³-hybridized carbons (Fsp3) is 0.941. The van der Waals surface area contributed by atoms with Crippen molar-refractivity contribution in [3.8, 4) is 0 Å². The van der Waals surface area contributed by atoms with E-state index in [4.69, 9.17) is 4.74 Å². The van der Waals surface area contributed by atoms with Crippen molar-refractivity contribution in [3.63, 3.8) is 0 Å². The zero-order valence-corrected chi connectivity index (χ0v) is 15.7. The Hall–Kier alpha value is -1.02. The van der Waals surface area contributed by atoms with Crippen molar-refractivity contribution in [1.82, 2.24) is 15.1 Å². The first kappa shape index (κ1) is 22.0. The van der Waals surface area contributed by atoms with E-state index < -0.39 is 12.7 Å². The van der Waals surface area contributed by atoms with Gasteiger partial charge in [-0.15, -0.1) is 0 Å². The Morgan fingerprint density at radius 1 is 1.20 bits per heavy atom. The van der Waals surface area contributed by atoms with E-state index in [1.807, 2.05) is 14.0 Å². The monoisotopic (exact) mass is 366 g/mol. The second-order valence-corrected chi connectivity index (χ2v) is 6.71. The summed E-state index contributed by atoms with van der Waals surface area (Å²) in [7, 11) is 3.50. The summed E-state index contributed by atoms with van der Waals surface area (Å²) >= 11 is 0. The fourth-order valence-electron chi connectivity index (χ4n) is 2.90. The molecule has 0 amide bonds. The molecule has 0 radical (unpaired) electrons.